The highest BCUT2D eigenvalue weighted by Crippen LogP contribution is 2.42. The van der Waals surface area contributed by atoms with Gasteiger partial charge in [-0.2, -0.15) is 10.2 Å². The summed E-state index contributed by atoms with van der Waals surface area (Å²) >= 11 is 0. The molecular weight excluding hydrogens is 340 g/mol. The average Bonchev–Trinajstić information content (AvgIpc) is 3.19. The smallest absolute Gasteiger partial charge is 0.373 e. The van der Waals surface area contributed by atoms with Crippen molar-refractivity contribution < 1.29 is 13.3 Å². The number of aromatic amines is 2. The van der Waals surface area contributed by atoms with Crippen LogP contribution in [0.4, 0.5) is 0 Å². The third kappa shape index (κ3) is 3.39. The fraction of sp³-hybridized carbons (Fsp3) is 0.667. The van der Waals surface area contributed by atoms with Crippen molar-refractivity contribution in [2.45, 2.75) is 46.1 Å². The monoisotopic (exact) mass is 367 g/mol. The van der Waals surface area contributed by atoms with Crippen molar-refractivity contribution in [3.8, 4) is 0 Å². The van der Waals surface area contributed by atoms with E-state index in [0.29, 0.717) is 49.5 Å². The number of nitrogens with zero attached hydrogens (tertiary/aromatic N) is 4. The van der Waals surface area contributed by atoms with E-state index < -0.39 is 13.8 Å². The van der Waals surface area contributed by atoms with E-state index in [-0.39, 0.29) is 0 Å². The van der Waals surface area contributed by atoms with Crippen LogP contribution in [0, 0.1) is 20.8 Å². The normalized spacial score (nSPS) is 12.7. The van der Waals surface area contributed by atoms with Gasteiger partial charge in [0.25, 0.3) is 0 Å². The van der Waals surface area contributed by atoms with Crippen molar-refractivity contribution in [2.24, 2.45) is 0 Å². The zero-order chi connectivity index (χ0) is 18.5. The van der Waals surface area contributed by atoms with Crippen LogP contribution >= 0.6 is 0 Å². The molecule has 0 saturated heterocycles. The minimum atomic E-state index is -3.38. The quantitative estimate of drug-likeness (QED) is 0.614. The lowest BCUT2D eigenvalue weighted by Crippen LogP contribution is -2.64. The molecule has 9 nitrogen and oxygen atoms in total. The first-order valence-electron chi connectivity index (χ1n) is 8.49. The van der Waals surface area contributed by atoms with E-state index in [4.69, 9.17) is 13.3 Å². The molecule has 2 heterocycles. The van der Waals surface area contributed by atoms with Gasteiger partial charge in [-0.25, -0.2) is 9.97 Å². The molecule has 0 fully saturated rings. The maximum Gasteiger partial charge on any atom is 0.523 e. The molecule has 0 aliphatic carbocycles. The highest BCUT2D eigenvalue weighted by molar-refractivity contribution is 6.65. The molecule has 2 aromatic rings. The summed E-state index contributed by atoms with van der Waals surface area (Å²) in [5.41, 5.74) is 0. The van der Waals surface area contributed by atoms with Gasteiger partial charge in [0.2, 0.25) is 0 Å². The van der Waals surface area contributed by atoms with Gasteiger partial charge in [-0.3, -0.25) is 10.2 Å². The Bertz CT molecular complexity index is 617. The minimum Gasteiger partial charge on any atom is -0.373 e. The molecule has 0 aromatic carbocycles. The summed E-state index contributed by atoms with van der Waals surface area (Å²) in [5, 5.41) is 13.5. The third-order valence-electron chi connectivity index (χ3n) is 3.86. The van der Waals surface area contributed by atoms with E-state index in [2.05, 4.69) is 37.3 Å². The lowest BCUT2D eigenvalue weighted by molar-refractivity contribution is 0.0475. The Balaban J connectivity index is 2.78. The van der Waals surface area contributed by atoms with Crippen LogP contribution in [0.3, 0.4) is 0 Å². The van der Waals surface area contributed by atoms with E-state index in [1.807, 2.05) is 34.6 Å². The predicted molar refractivity (Wildman–Crippen MR) is 93.6 cm³/mol. The van der Waals surface area contributed by atoms with Gasteiger partial charge in [0.1, 0.15) is 11.6 Å². The minimum absolute atomic E-state index is 0.327. The molecular formula is C15H27N6O3Si. The number of hydrogen-bond acceptors (Lipinski definition) is 7. The molecule has 2 aromatic heterocycles. The van der Waals surface area contributed by atoms with Crippen molar-refractivity contribution in [1.29, 1.82) is 0 Å². The molecule has 0 amide bonds. The molecule has 0 unspecified atom stereocenters. The zero-order valence-electron chi connectivity index (χ0n) is 15.5. The van der Waals surface area contributed by atoms with Gasteiger partial charge < -0.3 is 13.3 Å². The number of H-pyrrole nitrogens is 2. The second kappa shape index (κ2) is 8.17. The summed E-state index contributed by atoms with van der Waals surface area (Å²) in [6.07, 6.45) is 0.327. The SMILES string of the molecule is [CH2]CC(c1n[nH]c(C)n1)(c1n[nH]c(C)n1)[Si](OCC)(OCC)OCC. The molecule has 2 rings (SSSR count). The maximum atomic E-state index is 6.16. The van der Waals surface area contributed by atoms with Gasteiger partial charge in [-0.15, -0.1) is 0 Å². The fourth-order valence-corrected chi connectivity index (χ4v) is 6.09. The van der Waals surface area contributed by atoms with Crippen molar-refractivity contribution in [2.75, 3.05) is 19.8 Å². The Hall–Kier alpha value is -1.62. The summed E-state index contributed by atoms with van der Waals surface area (Å²) in [5.74, 6) is 2.29. The van der Waals surface area contributed by atoms with Gasteiger partial charge >= 0.3 is 8.80 Å². The van der Waals surface area contributed by atoms with Crippen LogP contribution in [0.25, 0.3) is 0 Å². The second-order valence-corrected chi connectivity index (χ2v) is 8.33. The number of aromatic nitrogens is 6. The van der Waals surface area contributed by atoms with Crippen molar-refractivity contribution in [3.05, 3.63) is 30.2 Å². The van der Waals surface area contributed by atoms with Crippen LogP contribution in [0.5, 0.6) is 0 Å². The van der Waals surface area contributed by atoms with E-state index in [0.717, 1.165) is 0 Å². The first-order chi connectivity index (χ1) is 12.0. The predicted octanol–water partition coefficient (Wildman–Crippen LogP) is 1.64. The summed E-state index contributed by atoms with van der Waals surface area (Å²) in [4.78, 5) is 9.09. The Morgan fingerprint density at radius 3 is 1.52 bits per heavy atom. The summed E-state index contributed by atoms with van der Waals surface area (Å²) < 4.78 is 18.5. The van der Waals surface area contributed by atoms with E-state index in [1.165, 1.54) is 0 Å². The van der Waals surface area contributed by atoms with Crippen molar-refractivity contribution in [3.63, 3.8) is 0 Å². The van der Waals surface area contributed by atoms with Crippen LogP contribution in [0.15, 0.2) is 0 Å². The van der Waals surface area contributed by atoms with Gasteiger partial charge in [-0.1, -0.05) is 6.92 Å². The third-order valence-corrected chi connectivity index (χ3v) is 7.61. The molecule has 0 aliphatic rings. The zero-order valence-corrected chi connectivity index (χ0v) is 16.5. The first kappa shape index (κ1) is 19.7. The molecule has 10 heteroatoms. The molecule has 2 N–H and O–H groups in total. The lowest BCUT2D eigenvalue weighted by Gasteiger charge is -2.41. The van der Waals surface area contributed by atoms with E-state index in [9.17, 15) is 0 Å². The summed E-state index contributed by atoms with van der Waals surface area (Å²) in [7, 11) is -3.38. The number of rotatable bonds is 10. The van der Waals surface area contributed by atoms with Crippen LogP contribution in [-0.4, -0.2) is 59.0 Å². The van der Waals surface area contributed by atoms with Crippen molar-refractivity contribution >= 4 is 8.80 Å². The molecule has 0 aliphatic heterocycles. The molecule has 0 spiro atoms. The first-order valence-corrected chi connectivity index (χ1v) is 10.2. The highest BCUT2D eigenvalue weighted by atomic mass is 28.4. The second-order valence-electron chi connectivity index (χ2n) is 5.50. The molecule has 139 valence electrons. The molecule has 0 saturated carbocycles. The standard InChI is InChI=1S/C15H27N6O3Si/c1-7-15(13-16-11(5)18-20-13,14-17-12(6)19-21-14)25(22-8-2,23-9-3)24-10-4/h1,7-10H2,2-6H3,(H,16,18,20)(H,17,19,21). The fourth-order valence-electron chi connectivity index (χ4n) is 2.88. The molecule has 0 bridgehead atoms. The number of nitrogens with one attached hydrogen (secondary N) is 2. The van der Waals surface area contributed by atoms with Gasteiger partial charge in [0.05, 0.1) is 0 Å². The van der Waals surface area contributed by atoms with Gasteiger partial charge in [0.15, 0.2) is 16.7 Å². The lowest BCUT2D eigenvalue weighted by atomic mass is 10.0. The van der Waals surface area contributed by atoms with Gasteiger partial charge in [0, 0.05) is 19.8 Å². The highest BCUT2D eigenvalue weighted by Gasteiger charge is 2.66. The van der Waals surface area contributed by atoms with Crippen molar-refractivity contribution in [1.82, 2.24) is 30.4 Å². The van der Waals surface area contributed by atoms with Crippen LogP contribution in [-0.2, 0) is 18.3 Å². The number of hydrogen-bond donors (Lipinski definition) is 2. The maximum absolute atomic E-state index is 6.16. The van der Waals surface area contributed by atoms with Crippen LogP contribution < -0.4 is 0 Å². The Labute approximate surface area is 149 Å². The van der Waals surface area contributed by atoms with Crippen LogP contribution in [0.1, 0.15) is 50.5 Å². The Morgan fingerprint density at radius 2 is 1.28 bits per heavy atom. The topological polar surface area (TPSA) is 111 Å². The summed E-state index contributed by atoms with van der Waals surface area (Å²) in [6.45, 7) is 14.8. The molecule has 1 radical (unpaired) electrons. The summed E-state index contributed by atoms with van der Waals surface area (Å²) in [6, 6.07) is 0. The van der Waals surface area contributed by atoms with Gasteiger partial charge in [-0.05, 0) is 41.0 Å². The van der Waals surface area contributed by atoms with Crippen LogP contribution in [0.2, 0.25) is 0 Å². The molecule has 25 heavy (non-hydrogen) atoms. The van der Waals surface area contributed by atoms with E-state index in [1.54, 1.807) is 0 Å². The Morgan fingerprint density at radius 1 is 0.880 bits per heavy atom. The Kier molecular flexibility index (Phi) is 6.44. The number of aryl methyl sites for hydroxylation is 2. The molecule has 0 atom stereocenters. The average molecular weight is 368 g/mol. The largest absolute Gasteiger partial charge is 0.523 e. The van der Waals surface area contributed by atoms with E-state index >= 15 is 0 Å².